The molecule has 1 saturated heterocycles. The standard InChI is InChI=1S/C14H21N3O3S/c1-20-11-10(15)12(13(19)16-8-2-3-8)21-14(11)17-6-4-9(18)5-7-17/h8-9,18H,2-7,15H2,1H3,(H,16,19). The topological polar surface area (TPSA) is 87.8 Å². The van der Waals surface area contributed by atoms with Gasteiger partial charge in [-0.2, -0.15) is 0 Å². The average Bonchev–Trinajstić information content (AvgIpc) is 3.21. The summed E-state index contributed by atoms with van der Waals surface area (Å²) in [6, 6.07) is 0.304. The van der Waals surface area contributed by atoms with E-state index in [2.05, 4.69) is 10.2 Å². The Morgan fingerprint density at radius 1 is 1.38 bits per heavy atom. The summed E-state index contributed by atoms with van der Waals surface area (Å²) in [5.74, 6) is 0.471. The van der Waals surface area contributed by atoms with E-state index in [9.17, 15) is 9.90 Å². The minimum Gasteiger partial charge on any atom is -0.492 e. The summed E-state index contributed by atoms with van der Waals surface area (Å²) in [6.07, 6.45) is 3.31. The van der Waals surface area contributed by atoms with Gasteiger partial charge >= 0.3 is 0 Å². The van der Waals surface area contributed by atoms with Crippen LogP contribution in [0.15, 0.2) is 0 Å². The number of nitrogens with zero attached hydrogens (tertiary/aromatic N) is 1. The van der Waals surface area contributed by atoms with Crippen LogP contribution >= 0.6 is 11.3 Å². The molecule has 2 fully saturated rings. The van der Waals surface area contributed by atoms with Crippen LogP contribution < -0.4 is 20.7 Å². The Kier molecular flexibility index (Phi) is 3.95. The molecule has 0 aromatic carbocycles. The van der Waals surface area contributed by atoms with E-state index in [0.717, 1.165) is 43.8 Å². The lowest BCUT2D eigenvalue weighted by atomic mass is 10.1. The Balaban J connectivity index is 1.83. The molecule has 1 aromatic heterocycles. The van der Waals surface area contributed by atoms with E-state index in [1.54, 1.807) is 7.11 Å². The molecule has 0 atom stereocenters. The second-order valence-electron chi connectivity index (χ2n) is 5.65. The maximum absolute atomic E-state index is 12.2. The molecule has 4 N–H and O–H groups in total. The molecule has 0 radical (unpaired) electrons. The Hall–Kier alpha value is -1.47. The molecule has 0 unspecified atom stereocenters. The fraction of sp³-hybridized carbons (Fsp3) is 0.643. The van der Waals surface area contributed by atoms with Crippen molar-refractivity contribution >= 4 is 27.9 Å². The number of aliphatic hydroxyl groups excluding tert-OH is 1. The van der Waals surface area contributed by atoms with Crippen molar-refractivity contribution in [2.75, 3.05) is 30.8 Å². The van der Waals surface area contributed by atoms with E-state index in [4.69, 9.17) is 10.5 Å². The van der Waals surface area contributed by atoms with Crippen molar-refractivity contribution in [1.82, 2.24) is 5.32 Å². The lowest BCUT2D eigenvalue weighted by molar-refractivity contribution is 0.0955. The minimum absolute atomic E-state index is 0.110. The number of methoxy groups -OCH3 is 1. The number of carbonyl (C=O) groups excluding carboxylic acids is 1. The first-order valence-electron chi connectivity index (χ1n) is 7.30. The third-order valence-corrected chi connectivity index (χ3v) is 5.20. The summed E-state index contributed by atoms with van der Waals surface area (Å²) in [6.45, 7) is 1.50. The molecule has 3 rings (SSSR count). The molecule has 0 bridgehead atoms. The SMILES string of the molecule is COc1c(N2CCC(O)CC2)sc(C(=O)NC2CC2)c1N. The largest absolute Gasteiger partial charge is 0.492 e. The maximum atomic E-state index is 12.2. The number of hydrogen-bond acceptors (Lipinski definition) is 6. The number of hydrogen-bond donors (Lipinski definition) is 3. The molecule has 2 heterocycles. The maximum Gasteiger partial charge on any atom is 0.263 e. The number of nitrogens with two attached hydrogens (primary N) is 1. The van der Waals surface area contributed by atoms with E-state index in [1.165, 1.54) is 11.3 Å². The number of nitrogens with one attached hydrogen (secondary N) is 1. The Bertz CT molecular complexity index is 534. The summed E-state index contributed by atoms with van der Waals surface area (Å²) in [4.78, 5) is 14.9. The van der Waals surface area contributed by atoms with Gasteiger partial charge < -0.3 is 25.8 Å². The van der Waals surface area contributed by atoms with Gasteiger partial charge in [0.05, 0.1) is 13.2 Å². The predicted octanol–water partition coefficient (Wildman–Crippen LogP) is 1.19. The van der Waals surface area contributed by atoms with Crippen LogP contribution in [0.1, 0.15) is 35.4 Å². The van der Waals surface area contributed by atoms with Gasteiger partial charge in [0, 0.05) is 19.1 Å². The Morgan fingerprint density at radius 3 is 2.62 bits per heavy atom. The van der Waals surface area contributed by atoms with Crippen LogP contribution in [-0.4, -0.2) is 43.4 Å². The van der Waals surface area contributed by atoms with E-state index < -0.39 is 0 Å². The van der Waals surface area contributed by atoms with Crippen LogP contribution in [0.3, 0.4) is 0 Å². The first kappa shape index (κ1) is 14.5. The van der Waals surface area contributed by atoms with Crippen molar-refractivity contribution in [2.24, 2.45) is 0 Å². The van der Waals surface area contributed by atoms with Gasteiger partial charge in [0.15, 0.2) is 5.75 Å². The number of aliphatic hydroxyl groups is 1. The molecule has 7 heteroatoms. The van der Waals surface area contributed by atoms with Gasteiger partial charge in [0.2, 0.25) is 0 Å². The van der Waals surface area contributed by atoms with E-state index in [0.29, 0.717) is 22.4 Å². The first-order valence-corrected chi connectivity index (χ1v) is 8.12. The number of rotatable bonds is 4. The van der Waals surface area contributed by atoms with Crippen LogP contribution in [0, 0.1) is 0 Å². The molecule has 1 aromatic rings. The first-order chi connectivity index (χ1) is 10.1. The second kappa shape index (κ2) is 5.73. The Labute approximate surface area is 127 Å². The van der Waals surface area contributed by atoms with Crippen molar-refractivity contribution < 1.29 is 14.6 Å². The summed E-state index contributed by atoms with van der Waals surface area (Å²) in [5, 5.41) is 13.5. The van der Waals surface area contributed by atoms with Crippen molar-refractivity contribution in [3.05, 3.63) is 4.88 Å². The monoisotopic (exact) mass is 311 g/mol. The molecule has 2 aliphatic rings. The number of carbonyl (C=O) groups is 1. The smallest absolute Gasteiger partial charge is 0.263 e. The zero-order chi connectivity index (χ0) is 15.0. The molecule has 21 heavy (non-hydrogen) atoms. The molecule has 1 amide bonds. The fourth-order valence-electron chi connectivity index (χ4n) is 2.54. The van der Waals surface area contributed by atoms with Crippen LogP contribution in [0.2, 0.25) is 0 Å². The van der Waals surface area contributed by atoms with Crippen LogP contribution in [-0.2, 0) is 0 Å². The predicted molar refractivity (Wildman–Crippen MR) is 83.2 cm³/mol. The number of anilines is 2. The number of piperidine rings is 1. The fourth-order valence-corrected chi connectivity index (χ4v) is 3.68. The highest BCUT2D eigenvalue weighted by Crippen LogP contribution is 2.45. The van der Waals surface area contributed by atoms with Gasteiger partial charge in [0.1, 0.15) is 15.6 Å². The van der Waals surface area contributed by atoms with Gasteiger partial charge in [-0.15, -0.1) is 11.3 Å². The summed E-state index contributed by atoms with van der Waals surface area (Å²) in [5.41, 5.74) is 6.51. The van der Waals surface area contributed by atoms with Gasteiger partial charge in [-0.3, -0.25) is 4.79 Å². The molecule has 1 aliphatic heterocycles. The zero-order valence-electron chi connectivity index (χ0n) is 12.1. The molecule has 116 valence electrons. The van der Waals surface area contributed by atoms with E-state index in [-0.39, 0.29) is 12.0 Å². The third-order valence-electron chi connectivity index (χ3n) is 3.96. The van der Waals surface area contributed by atoms with Crippen molar-refractivity contribution in [2.45, 2.75) is 37.8 Å². The number of amides is 1. The third kappa shape index (κ3) is 2.94. The lowest BCUT2D eigenvalue weighted by Gasteiger charge is -2.30. The highest BCUT2D eigenvalue weighted by atomic mass is 32.1. The molecular weight excluding hydrogens is 290 g/mol. The van der Waals surface area contributed by atoms with Gasteiger partial charge in [0.25, 0.3) is 5.91 Å². The Morgan fingerprint density at radius 2 is 2.05 bits per heavy atom. The van der Waals surface area contributed by atoms with Crippen LogP contribution in [0.25, 0.3) is 0 Å². The second-order valence-corrected chi connectivity index (χ2v) is 6.65. The average molecular weight is 311 g/mol. The summed E-state index contributed by atoms with van der Waals surface area (Å²) in [7, 11) is 1.57. The van der Waals surface area contributed by atoms with Crippen molar-refractivity contribution in [3.8, 4) is 5.75 Å². The summed E-state index contributed by atoms with van der Waals surface area (Å²) < 4.78 is 5.41. The molecule has 1 aliphatic carbocycles. The minimum atomic E-state index is -0.234. The molecular formula is C14H21N3O3S. The van der Waals surface area contributed by atoms with Gasteiger partial charge in [-0.25, -0.2) is 0 Å². The van der Waals surface area contributed by atoms with Gasteiger partial charge in [-0.1, -0.05) is 0 Å². The van der Waals surface area contributed by atoms with E-state index in [1.807, 2.05) is 0 Å². The quantitative estimate of drug-likeness (QED) is 0.777. The van der Waals surface area contributed by atoms with Gasteiger partial charge in [-0.05, 0) is 25.7 Å². The van der Waals surface area contributed by atoms with Crippen molar-refractivity contribution in [3.63, 3.8) is 0 Å². The normalized spacial score (nSPS) is 19.6. The highest BCUT2D eigenvalue weighted by Gasteiger charge is 2.30. The van der Waals surface area contributed by atoms with E-state index >= 15 is 0 Å². The number of nitrogen functional groups attached to an aromatic ring is 1. The van der Waals surface area contributed by atoms with Crippen LogP contribution in [0.4, 0.5) is 10.7 Å². The lowest BCUT2D eigenvalue weighted by Crippen LogP contribution is -2.35. The molecule has 6 nitrogen and oxygen atoms in total. The molecule has 0 spiro atoms. The van der Waals surface area contributed by atoms with Crippen LogP contribution in [0.5, 0.6) is 5.75 Å². The molecule has 1 saturated carbocycles. The van der Waals surface area contributed by atoms with Crippen molar-refractivity contribution in [1.29, 1.82) is 0 Å². The number of ether oxygens (including phenoxy) is 1. The summed E-state index contributed by atoms with van der Waals surface area (Å²) >= 11 is 1.38. The highest BCUT2D eigenvalue weighted by molar-refractivity contribution is 7.19. The zero-order valence-corrected chi connectivity index (χ0v) is 12.9. The number of thiophene rings is 1.